The second kappa shape index (κ2) is 12.8. The van der Waals surface area contributed by atoms with E-state index in [9.17, 15) is 18.0 Å². The summed E-state index contributed by atoms with van der Waals surface area (Å²) < 4.78 is 23.5. The van der Waals surface area contributed by atoms with E-state index in [0.717, 1.165) is 23.8 Å². The van der Waals surface area contributed by atoms with Gasteiger partial charge in [-0.1, -0.05) is 48.5 Å². The number of amides is 3. The minimum absolute atomic E-state index is 0.156. The molecule has 0 saturated heterocycles. The number of benzene rings is 3. The SMILES string of the molecule is CCC(C)c1ccc(N(Cc2ccc(C(=O)NC(=N)/N=N\N)cc2)C(=O)Nc2ccc(S(C)(=O)=O)cc2)cc1. The average molecular weight is 550 g/mol. The summed E-state index contributed by atoms with van der Waals surface area (Å²) in [5, 5.41) is 18.8. The minimum Gasteiger partial charge on any atom is -0.308 e. The van der Waals surface area contributed by atoms with Crippen molar-refractivity contribution < 1.29 is 18.0 Å². The largest absolute Gasteiger partial charge is 0.326 e. The Balaban J connectivity index is 1.85. The average Bonchev–Trinajstić information content (AvgIpc) is 2.91. The Morgan fingerprint density at radius 1 is 1.00 bits per heavy atom. The van der Waals surface area contributed by atoms with Gasteiger partial charge in [0.1, 0.15) is 0 Å². The molecule has 12 heteroatoms. The summed E-state index contributed by atoms with van der Waals surface area (Å²) in [5.41, 5.74) is 3.30. The van der Waals surface area contributed by atoms with Crippen molar-refractivity contribution in [2.75, 3.05) is 16.5 Å². The topological polar surface area (TPSA) is 170 Å². The fourth-order valence-electron chi connectivity index (χ4n) is 3.68. The zero-order valence-electron chi connectivity index (χ0n) is 21.9. The van der Waals surface area contributed by atoms with Crippen molar-refractivity contribution >= 4 is 39.1 Å². The molecule has 0 fully saturated rings. The molecule has 0 bridgehead atoms. The molecular formula is C27H31N7O4S. The molecule has 3 aromatic rings. The van der Waals surface area contributed by atoms with Gasteiger partial charge in [0.2, 0.25) is 5.96 Å². The summed E-state index contributed by atoms with van der Waals surface area (Å²) in [5.74, 6) is 4.23. The first-order valence-corrected chi connectivity index (χ1v) is 14.0. The molecule has 0 saturated carbocycles. The molecule has 0 heterocycles. The molecule has 1 atom stereocenters. The molecule has 39 heavy (non-hydrogen) atoms. The molecule has 1 unspecified atom stereocenters. The molecule has 3 amide bonds. The number of hydrogen-bond donors (Lipinski definition) is 4. The number of anilines is 2. The van der Waals surface area contributed by atoms with Gasteiger partial charge in [0, 0.05) is 23.2 Å². The van der Waals surface area contributed by atoms with Crippen LogP contribution in [0.25, 0.3) is 0 Å². The number of nitrogens with zero attached hydrogens (tertiary/aromatic N) is 3. The van der Waals surface area contributed by atoms with Crippen molar-refractivity contribution in [3.63, 3.8) is 0 Å². The molecule has 11 nitrogen and oxygen atoms in total. The fourth-order valence-corrected chi connectivity index (χ4v) is 4.31. The fraction of sp³-hybridized carbons (Fsp3) is 0.222. The maximum atomic E-state index is 13.4. The highest BCUT2D eigenvalue weighted by Gasteiger charge is 2.18. The molecule has 5 N–H and O–H groups in total. The first-order chi connectivity index (χ1) is 18.5. The lowest BCUT2D eigenvalue weighted by Crippen LogP contribution is -2.34. The van der Waals surface area contributed by atoms with Gasteiger partial charge in [-0.3, -0.25) is 20.4 Å². The summed E-state index contributed by atoms with van der Waals surface area (Å²) >= 11 is 0. The number of guanidine groups is 1. The number of hydrogen-bond acceptors (Lipinski definition) is 6. The van der Waals surface area contributed by atoms with Crippen molar-refractivity contribution in [2.45, 2.75) is 37.6 Å². The quantitative estimate of drug-likeness (QED) is 0.103. The van der Waals surface area contributed by atoms with Crippen molar-refractivity contribution in [3.05, 3.63) is 89.5 Å². The zero-order valence-corrected chi connectivity index (χ0v) is 22.7. The molecule has 0 aliphatic rings. The number of nitrogens with two attached hydrogens (primary N) is 1. The van der Waals surface area contributed by atoms with Crippen LogP contribution in [0, 0.1) is 5.41 Å². The molecule has 3 rings (SSSR count). The lowest BCUT2D eigenvalue weighted by atomic mass is 9.98. The monoisotopic (exact) mass is 549 g/mol. The van der Waals surface area contributed by atoms with E-state index in [1.165, 1.54) is 24.3 Å². The second-order valence-electron chi connectivity index (χ2n) is 8.93. The van der Waals surface area contributed by atoms with Crippen LogP contribution in [0.2, 0.25) is 0 Å². The van der Waals surface area contributed by atoms with E-state index >= 15 is 0 Å². The van der Waals surface area contributed by atoms with Crippen molar-refractivity contribution in [3.8, 4) is 0 Å². The van der Waals surface area contributed by atoms with Crippen molar-refractivity contribution in [1.29, 1.82) is 5.41 Å². The van der Waals surface area contributed by atoms with Gasteiger partial charge < -0.3 is 11.2 Å². The molecule has 0 radical (unpaired) electrons. The van der Waals surface area contributed by atoms with Gasteiger partial charge in [-0.2, -0.15) is 0 Å². The van der Waals surface area contributed by atoms with Gasteiger partial charge in [-0.25, -0.2) is 13.2 Å². The third-order valence-electron chi connectivity index (χ3n) is 6.11. The van der Waals surface area contributed by atoms with E-state index in [4.69, 9.17) is 11.3 Å². The van der Waals surface area contributed by atoms with Gasteiger partial charge in [0.05, 0.1) is 11.4 Å². The van der Waals surface area contributed by atoms with E-state index in [-0.39, 0.29) is 17.0 Å². The van der Waals surface area contributed by atoms with Crippen LogP contribution in [-0.4, -0.2) is 32.6 Å². The Labute approximate surface area is 227 Å². The number of carbonyl (C=O) groups is 2. The van der Waals surface area contributed by atoms with Crippen LogP contribution >= 0.6 is 0 Å². The first kappa shape index (κ1) is 29.0. The van der Waals surface area contributed by atoms with Crippen LogP contribution < -0.4 is 21.4 Å². The zero-order chi connectivity index (χ0) is 28.6. The second-order valence-corrected chi connectivity index (χ2v) is 10.9. The van der Waals surface area contributed by atoms with Gasteiger partial charge in [0.15, 0.2) is 9.84 Å². The number of carbonyl (C=O) groups excluding carboxylic acids is 2. The third-order valence-corrected chi connectivity index (χ3v) is 7.24. The standard InChI is InChI=1S/C27H31N7O4S/c1-4-18(2)20-9-13-23(14-10-20)34(27(36)30-22-11-15-24(16-12-22)39(3,37)38)17-19-5-7-21(8-6-19)25(35)31-26(28)32-33-29/h5-16,18H,4,17H2,1-3H3,(H,30,36)(H4,28,29,31,32,35). The highest BCUT2D eigenvalue weighted by Crippen LogP contribution is 2.25. The summed E-state index contributed by atoms with van der Waals surface area (Å²) in [6, 6.07) is 19.8. The highest BCUT2D eigenvalue weighted by atomic mass is 32.2. The van der Waals surface area contributed by atoms with E-state index < -0.39 is 27.7 Å². The molecule has 3 aromatic carbocycles. The van der Waals surface area contributed by atoms with Crippen LogP contribution in [0.15, 0.2) is 88.0 Å². The van der Waals surface area contributed by atoms with Crippen molar-refractivity contribution in [1.82, 2.24) is 5.32 Å². The minimum atomic E-state index is -3.36. The van der Waals surface area contributed by atoms with E-state index in [0.29, 0.717) is 17.3 Å². The number of sulfone groups is 1. The lowest BCUT2D eigenvalue weighted by molar-refractivity contribution is 0.0976. The molecule has 0 aliphatic heterocycles. The maximum Gasteiger partial charge on any atom is 0.326 e. The van der Waals surface area contributed by atoms with Crippen LogP contribution in [-0.2, 0) is 16.4 Å². The van der Waals surface area contributed by atoms with Crippen LogP contribution in [0.4, 0.5) is 16.2 Å². The summed E-state index contributed by atoms with van der Waals surface area (Å²) in [4.78, 5) is 27.4. The van der Waals surface area contributed by atoms with Crippen LogP contribution in [0.1, 0.15) is 47.7 Å². The Morgan fingerprint density at radius 2 is 1.62 bits per heavy atom. The summed E-state index contributed by atoms with van der Waals surface area (Å²) in [7, 11) is -3.36. The van der Waals surface area contributed by atoms with Crippen LogP contribution in [0.3, 0.4) is 0 Å². The van der Waals surface area contributed by atoms with E-state index in [1.807, 2.05) is 24.3 Å². The number of nitrogens with one attached hydrogen (secondary N) is 3. The number of rotatable bonds is 8. The molecule has 0 aromatic heterocycles. The molecule has 0 spiro atoms. The van der Waals surface area contributed by atoms with Crippen molar-refractivity contribution in [2.24, 2.45) is 16.2 Å². The predicted molar refractivity (Wildman–Crippen MR) is 151 cm³/mol. The maximum absolute atomic E-state index is 13.4. The van der Waals surface area contributed by atoms with Gasteiger partial charge in [0.25, 0.3) is 5.91 Å². The van der Waals surface area contributed by atoms with Gasteiger partial charge >= 0.3 is 6.03 Å². The predicted octanol–water partition coefficient (Wildman–Crippen LogP) is 4.83. The van der Waals surface area contributed by atoms with E-state index in [2.05, 4.69) is 34.8 Å². The molecular weight excluding hydrogens is 518 g/mol. The Morgan fingerprint density at radius 3 is 2.15 bits per heavy atom. The van der Waals surface area contributed by atoms with E-state index in [1.54, 1.807) is 29.2 Å². The highest BCUT2D eigenvalue weighted by molar-refractivity contribution is 7.90. The normalized spacial score (nSPS) is 12.1. The lowest BCUT2D eigenvalue weighted by Gasteiger charge is -2.24. The Kier molecular flexibility index (Phi) is 9.50. The molecule has 204 valence electrons. The van der Waals surface area contributed by atoms with Gasteiger partial charge in [-0.05, 0) is 72.0 Å². The first-order valence-electron chi connectivity index (χ1n) is 12.1. The summed E-state index contributed by atoms with van der Waals surface area (Å²) in [6.45, 7) is 4.44. The number of urea groups is 1. The molecule has 0 aliphatic carbocycles. The Bertz CT molecular complexity index is 1450. The van der Waals surface area contributed by atoms with Crippen LogP contribution in [0.5, 0.6) is 0 Å². The summed E-state index contributed by atoms with van der Waals surface area (Å²) in [6.07, 6.45) is 2.11. The third kappa shape index (κ3) is 7.95. The Hall–Kier alpha value is -4.58. The smallest absolute Gasteiger partial charge is 0.308 e. The van der Waals surface area contributed by atoms with Gasteiger partial charge in [-0.15, -0.1) is 0 Å².